The van der Waals surface area contributed by atoms with Crippen LogP contribution in [0.1, 0.15) is 10.4 Å². The summed E-state index contributed by atoms with van der Waals surface area (Å²) in [5.74, 6) is 0.415. The first-order valence-corrected chi connectivity index (χ1v) is 7.30. The summed E-state index contributed by atoms with van der Waals surface area (Å²) in [5.41, 5.74) is 0.342. The molecule has 0 radical (unpaired) electrons. The van der Waals surface area contributed by atoms with Crippen molar-refractivity contribution in [3.63, 3.8) is 0 Å². The molecule has 2 aliphatic rings. The lowest BCUT2D eigenvalue weighted by molar-refractivity contribution is 0.0499. The number of carbonyl (C=O) groups excluding carboxylic acids is 1. The number of benzene rings is 1. The van der Waals surface area contributed by atoms with Crippen molar-refractivity contribution in [3.05, 3.63) is 23.8 Å². The lowest BCUT2D eigenvalue weighted by Crippen LogP contribution is -2.62. The van der Waals surface area contributed by atoms with Gasteiger partial charge in [-0.25, -0.2) is 0 Å². The minimum Gasteiger partial charge on any atom is -0.507 e. The molecule has 2 N–H and O–H groups in total. The number of nitrogens with zero attached hydrogens (tertiary/aromatic N) is 2. The zero-order valence-electron chi connectivity index (χ0n) is 12.2. The van der Waals surface area contributed by atoms with Crippen LogP contribution in [-0.2, 0) is 0 Å². The molecule has 0 spiro atoms. The highest BCUT2D eigenvalue weighted by molar-refractivity contribution is 5.97. The van der Waals surface area contributed by atoms with Gasteiger partial charge in [0.1, 0.15) is 11.5 Å². The van der Waals surface area contributed by atoms with Crippen LogP contribution in [-0.4, -0.2) is 73.2 Å². The number of methoxy groups -OCH3 is 1. The van der Waals surface area contributed by atoms with E-state index in [1.165, 1.54) is 13.2 Å². The highest BCUT2D eigenvalue weighted by Gasteiger charge is 2.30. The van der Waals surface area contributed by atoms with Gasteiger partial charge in [0.15, 0.2) is 0 Å². The molecule has 21 heavy (non-hydrogen) atoms. The van der Waals surface area contributed by atoms with E-state index in [1.54, 1.807) is 12.1 Å². The number of phenolic OH excluding ortho intramolecular Hbond substituents is 1. The molecule has 0 saturated carbocycles. The van der Waals surface area contributed by atoms with Gasteiger partial charge in [-0.05, 0) is 12.1 Å². The van der Waals surface area contributed by atoms with Crippen LogP contribution in [0.4, 0.5) is 0 Å². The summed E-state index contributed by atoms with van der Waals surface area (Å²) < 4.78 is 5.04. The number of ether oxygens (including phenoxy) is 1. The van der Waals surface area contributed by atoms with Crippen LogP contribution in [0.2, 0.25) is 0 Å². The standard InChI is InChI=1S/C15H21N3O3/c1-21-12-2-3-13(14(19)8-12)15(20)18-6-4-17(5-7-18)11-9-16-10-11/h2-3,8,11,16,19H,4-7,9-10H2,1H3. The van der Waals surface area contributed by atoms with E-state index in [0.29, 0.717) is 30.4 Å². The third kappa shape index (κ3) is 2.82. The van der Waals surface area contributed by atoms with Crippen molar-refractivity contribution < 1.29 is 14.6 Å². The van der Waals surface area contributed by atoms with Crippen molar-refractivity contribution in [1.29, 1.82) is 0 Å². The Morgan fingerprint density at radius 3 is 2.52 bits per heavy atom. The van der Waals surface area contributed by atoms with Gasteiger partial charge in [0, 0.05) is 51.4 Å². The fourth-order valence-electron chi connectivity index (χ4n) is 2.81. The first kappa shape index (κ1) is 14.2. The van der Waals surface area contributed by atoms with E-state index in [4.69, 9.17) is 4.74 Å². The Hall–Kier alpha value is -1.79. The van der Waals surface area contributed by atoms with Crippen molar-refractivity contribution in [3.8, 4) is 11.5 Å². The lowest BCUT2D eigenvalue weighted by Gasteiger charge is -2.43. The second-order valence-corrected chi connectivity index (χ2v) is 5.52. The molecule has 0 bridgehead atoms. The van der Waals surface area contributed by atoms with Crippen LogP contribution in [0.15, 0.2) is 18.2 Å². The predicted molar refractivity (Wildman–Crippen MR) is 78.8 cm³/mol. The quantitative estimate of drug-likeness (QED) is 0.829. The maximum absolute atomic E-state index is 12.5. The largest absolute Gasteiger partial charge is 0.507 e. The number of amides is 1. The van der Waals surface area contributed by atoms with Gasteiger partial charge in [-0.2, -0.15) is 0 Å². The molecule has 3 rings (SSSR count). The molecule has 1 aromatic rings. The van der Waals surface area contributed by atoms with E-state index in [2.05, 4.69) is 10.2 Å². The third-order valence-electron chi connectivity index (χ3n) is 4.31. The molecule has 0 aliphatic carbocycles. The van der Waals surface area contributed by atoms with Gasteiger partial charge in [-0.1, -0.05) is 0 Å². The van der Waals surface area contributed by atoms with Crippen LogP contribution >= 0.6 is 0 Å². The second kappa shape index (κ2) is 5.91. The summed E-state index contributed by atoms with van der Waals surface area (Å²) in [4.78, 5) is 16.7. The zero-order valence-corrected chi connectivity index (χ0v) is 12.2. The summed E-state index contributed by atoms with van der Waals surface area (Å²) in [5, 5.41) is 13.2. The minimum atomic E-state index is -0.110. The van der Waals surface area contributed by atoms with Crippen LogP contribution < -0.4 is 10.1 Å². The van der Waals surface area contributed by atoms with Gasteiger partial charge < -0.3 is 20.1 Å². The molecular weight excluding hydrogens is 270 g/mol. The first-order valence-electron chi connectivity index (χ1n) is 7.30. The Morgan fingerprint density at radius 2 is 2.00 bits per heavy atom. The van der Waals surface area contributed by atoms with Crippen molar-refractivity contribution in [2.24, 2.45) is 0 Å². The van der Waals surface area contributed by atoms with Crippen LogP contribution in [0.5, 0.6) is 11.5 Å². The van der Waals surface area contributed by atoms with Gasteiger partial charge in [0.25, 0.3) is 5.91 Å². The van der Waals surface area contributed by atoms with Crippen molar-refractivity contribution in [2.75, 3.05) is 46.4 Å². The van der Waals surface area contributed by atoms with Gasteiger partial charge in [-0.3, -0.25) is 9.69 Å². The highest BCUT2D eigenvalue weighted by atomic mass is 16.5. The minimum absolute atomic E-state index is 0.0232. The second-order valence-electron chi connectivity index (χ2n) is 5.52. The van der Waals surface area contributed by atoms with E-state index in [-0.39, 0.29) is 11.7 Å². The number of phenols is 1. The fourth-order valence-corrected chi connectivity index (χ4v) is 2.81. The average molecular weight is 291 g/mol. The molecule has 2 fully saturated rings. The Balaban J connectivity index is 1.63. The number of piperazine rings is 1. The van der Waals surface area contributed by atoms with E-state index < -0.39 is 0 Å². The van der Waals surface area contributed by atoms with E-state index in [1.807, 2.05) is 4.90 Å². The summed E-state index contributed by atoms with van der Waals surface area (Å²) in [6, 6.07) is 5.42. The van der Waals surface area contributed by atoms with Crippen LogP contribution in [0.3, 0.4) is 0 Å². The Morgan fingerprint density at radius 1 is 1.29 bits per heavy atom. The molecule has 1 aromatic carbocycles. The number of hydrogen-bond donors (Lipinski definition) is 2. The molecular formula is C15H21N3O3. The van der Waals surface area contributed by atoms with E-state index in [0.717, 1.165) is 26.2 Å². The summed E-state index contributed by atoms with van der Waals surface area (Å²) in [7, 11) is 1.53. The molecule has 0 atom stereocenters. The number of aromatic hydroxyl groups is 1. The summed E-state index contributed by atoms with van der Waals surface area (Å²) in [6.07, 6.45) is 0. The SMILES string of the molecule is COc1ccc(C(=O)N2CCN(C3CNC3)CC2)c(O)c1. The highest BCUT2D eigenvalue weighted by Crippen LogP contribution is 2.25. The summed E-state index contributed by atoms with van der Waals surface area (Å²) >= 11 is 0. The number of carbonyl (C=O) groups is 1. The van der Waals surface area contributed by atoms with Crippen molar-refractivity contribution >= 4 is 5.91 Å². The van der Waals surface area contributed by atoms with Crippen molar-refractivity contribution in [1.82, 2.24) is 15.1 Å². The molecule has 6 heteroatoms. The summed E-state index contributed by atoms with van der Waals surface area (Å²) in [6.45, 7) is 5.31. The molecule has 114 valence electrons. The lowest BCUT2D eigenvalue weighted by atomic mass is 10.1. The van der Waals surface area contributed by atoms with Gasteiger partial charge in [-0.15, -0.1) is 0 Å². The van der Waals surface area contributed by atoms with Crippen LogP contribution in [0, 0.1) is 0 Å². The number of nitrogens with one attached hydrogen (secondary N) is 1. The molecule has 6 nitrogen and oxygen atoms in total. The normalized spacial score (nSPS) is 20.1. The maximum Gasteiger partial charge on any atom is 0.257 e. The maximum atomic E-state index is 12.5. The average Bonchev–Trinajstić information content (AvgIpc) is 2.45. The topological polar surface area (TPSA) is 65.0 Å². The molecule has 0 aromatic heterocycles. The van der Waals surface area contributed by atoms with Gasteiger partial charge in [0.2, 0.25) is 0 Å². The van der Waals surface area contributed by atoms with E-state index in [9.17, 15) is 9.90 Å². The monoisotopic (exact) mass is 291 g/mol. The zero-order chi connectivity index (χ0) is 14.8. The molecule has 1 amide bonds. The molecule has 2 heterocycles. The first-order chi connectivity index (χ1) is 10.2. The molecule has 2 aliphatic heterocycles. The number of rotatable bonds is 3. The molecule has 2 saturated heterocycles. The Bertz CT molecular complexity index is 523. The van der Waals surface area contributed by atoms with Crippen molar-refractivity contribution in [2.45, 2.75) is 6.04 Å². The predicted octanol–water partition coefficient (Wildman–Crippen LogP) is 0.130. The van der Waals surface area contributed by atoms with Crippen LogP contribution in [0.25, 0.3) is 0 Å². The van der Waals surface area contributed by atoms with Gasteiger partial charge in [0.05, 0.1) is 12.7 Å². The Labute approximate surface area is 124 Å². The van der Waals surface area contributed by atoms with Gasteiger partial charge >= 0.3 is 0 Å². The smallest absolute Gasteiger partial charge is 0.257 e. The van der Waals surface area contributed by atoms with E-state index >= 15 is 0 Å². The third-order valence-corrected chi connectivity index (χ3v) is 4.31. The molecule has 0 unspecified atom stereocenters. The fraction of sp³-hybridized carbons (Fsp3) is 0.533. The number of hydrogen-bond acceptors (Lipinski definition) is 5. The Kier molecular flexibility index (Phi) is 3.98.